The van der Waals surface area contributed by atoms with Gasteiger partial charge >= 0.3 is 17.8 Å². The zero-order chi connectivity index (χ0) is 21.0. The number of hydrogen-bond acceptors (Lipinski definition) is 6. The minimum absolute atomic E-state index is 0.183. The van der Waals surface area contributed by atoms with Gasteiger partial charge in [-0.25, -0.2) is 14.6 Å². The smallest absolute Gasteiger partial charge is 0.339 e. The van der Waals surface area contributed by atoms with Crippen molar-refractivity contribution in [2.24, 2.45) is 0 Å². The van der Waals surface area contributed by atoms with Gasteiger partial charge in [-0.15, -0.1) is 0 Å². The maximum absolute atomic E-state index is 12.6. The summed E-state index contributed by atoms with van der Waals surface area (Å²) in [4.78, 5) is 50.6. The molecule has 9 heteroatoms. The predicted octanol–water partition coefficient (Wildman–Crippen LogP) is 1.32. The van der Waals surface area contributed by atoms with Crippen molar-refractivity contribution < 1.29 is 28.7 Å². The van der Waals surface area contributed by atoms with Gasteiger partial charge in [0.05, 0.1) is 19.9 Å². The number of anilines is 1. The fourth-order valence-electron chi connectivity index (χ4n) is 2.79. The van der Waals surface area contributed by atoms with E-state index in [0.717, 1.165) is 10.5 Å². The van der Waals surface area contributed by atoms with Gasteiger partial charge in [-0.1, -0.05) is 12.1 Å². The largest absolute Gasteiger partial charge is 0.497 e. The number of ether oxygens (including phenoxy) is 2. The summed E-state index contributed by atoms with van der Waals surface area (Å²) in [5, 5.41) is 2.62. The summed E-state index contributed by atoms with van der Waals surface area (Å²) in [7, 11) is 3.02. The van der Waals surface area contributed by atoms with Crippen LogP contribution in [0.25, 0.3) is 0 Å². The Balaban J connectivity index is 1.65. The molecule has 29 heavy (non-hydrogen) atoms. The Morgan fingerprint density at radius 1 is 0.931 bits per heavy atom. The van der Waals surface area contributed by atoms with Gasteiger partial charge in [-0.05, 0) is 42.0 Å². The molecular weight excluding hydrogens is 378 g/mol. The van der Waals surface area contributed by atoms with E-state index in [1.165, 1.54) is 26.4 Å². The third kappa shape index (κ3) is 4.18. The van der Waals surface area contributed by atoms with E-state index in [1.54, 1.807) is 36.4 Å². The van der Waals surface area contributed by atoms with Crippen molar-refractivity contribution >= 4 is 29.4 Å². The Kier molecular flexibility index (Phi) is 5.77. The van der Waals surface area contributed by atoms with E-state index >= 15 is 0 Å². The first-order valence-electron chi connectivity index (χ1n) is 8.68. The lowest BCUT2D eigenvalue weighted by Crippen LogP contribution is -2.41. The molecule has 5 amide bonds. The number of hydrogen-bond donors (Lipinski definition) is 1. The molecule has 1 saturated heterocycles. The standard InChI is InChI=1S/C20H19N3O6/c1-28-15-8-6-14(7-9-15)23-19(26)18(25)22(20(23)27)12-17(24)21-11-13-4-3-5-16(10-13)29-2/h3-10H,11-12H2,1-2H3,(H,21,24). The number of rotatable bonds is 7. The van der Waals surface area contributed by atoms with E-state index < -0.39 is 30.3 Å². The molecule has 2 aromatic carbocycles. The number of imide groups is 2. The molecule has 1 fully saturated rings. The van der Waals surface area contributed by atoms with E-state index in [9.17, 15) is 19.2 Å². The summed E-state index contributed by atoms with van der Waals surface area (Å²) in [6.45, 7) is -0.373. The summed E-state index contributed by atoms with van der Waals surface area (Å²) in [6, 6.07) is 12.3. The van der Waals surface area contributed by atoms with Gasteiger partial charge in [-0.3, -0.25) is 14.4 Å². The Labute approximate surface area is 166 Å². The Bertz CT molecular complexity index is 957. The highest BCUT2D eigenvalue weighted by Crippen LogP contribution is 2.24. The zero-order valence-electron chi connectivity index (χ0n) is 15.9. The van der Waals surface area contributed by atoms with Crippen molar-refractivity contribution in [3.63, 3.8) is 0 Å². The van der Waals surface area contributed by atoms with Crippen LogP contribution in [0.2, 0.25) is 0 Å². The van der Waals surface area contributed by atoms with Crippen LogP contribution in [0.3, 0.4) is 0 Å². The number of benzene rings is 2. The molecule has 0 spiro atoms. The molecule has 0 saturated carbocycles. The SMILES string of the molecule is COc1ccc(N2C(=O)C(=O)N(CC(=O)NCc3cccc(OC)c3)C2=O)cc1. The first-order valence-corrected chi connectivity index (χ1v) is 8.68. The highest BCUT2D eigenvalue weighted by molar-refractivity contribution is 6.53. The van der Waals surface area contributed by atoms with Gasteiger partial charge in [0, 0.05) is 6.54 Å². The van der Waals surface area contributed by atoms with Crippen LogP contribution in [0.4, 0.5) is 10.5 Å². The molecule has 0 radical (unpaired) electrons. The predicted molar refractivity (Wildman–Crippen MR) is 102 cm³/mol. The van der Waals surface area contributed by atoms with Gasteiger partial charge in [0.25, 0.3) is 0 Å². The molecule has 150 valence electrons. The minimum atomic E-state index is -1.05. The third-order valence-corrected chi connectivity index (χ3v) is 4.31. The van der Waals surface area contributed by atoms with Crippen LogP contribution in [-0.2, 0) is 20.9 Å². The van der Waals surface area contributed by atoms with E-state index in [-0.39, 0.29) is 12.2 Å². The minimum Gasteiger partial charge on any atom is -0.497 e. The lowest BCUT2D eigenvalue weighted by Gasteiger charge is -2.15. The maximum Gasteiger partial charge on any atom is 0.339 e. The maximum atomic E-state index is 12.6. The first kappa shape index (κ1) is 19.9. The number of carbonyl (C=O) groups is 4. The lowest BCUT2D eigenvalue weighted by molar-refractivity contribution is -0.140. The topological polar surface area (TPSA) is 105 Å². The normalized spacial score (nSPS) is 13.7. The van der Waals surface area contributed by atoms with Gasteiger partial charge in [0.1, 0.15) is 18.0 Å². The highest BCUT2D eigenvalue weighted by atomic mass is 16.5. The molecular formula is C20H19N3O6. The molecule has 0 aromatic heterocycles. The molecule has 9 nitrogen and oxygen atoms in total. The number of urea groups is 1. The monoisotopic (exact) mass is 397 g/mol. The van der Waals surface area contributed by atoms with E-state index in [1.807, 2.05) is 0 Å². The molecule has 0 aliphatic carbocycles. The summed E-state index contributed by atoms with van der Waals surface area (Å²) in [6.07, 6.45) is 0. The summed E-state index contributed by atoms with van der Waals surface area (Å²) in [5.41, 5.74) is 1.00. The van der Waals surface area contributed by atoms with Crippen LogP contribution in [0.1, 0.15) is 5.56 Å². The van der Waals surface area contributed by atoms with Gasteiger partial charge in [0.15, 0.2) is 0 Å². The molecule has 1 aliphatic heterocycles. The number of nitrogens with zero attached hydrogens (tertiary/aromatic N) is 2. The highest BCUT2D eigenvalue weighted by Gasteiger charge is 2.46. The average molecular weight is 397 g/mol. The van der Waals surface area contributed by atoms with Crippen molar-refractivity contribution in [3.8, 4) is 11.5 Å². The Hall–Kier alpha value is -3.88. The van der Waals surface area contributed by atoms with Crippen molar-refractivity contribution in [2.45, 2.75) is 6.54 Å². The fourth-order valence-corrected chi connectivity index (χ4v) is 2.79. The van der Waals surface area contributed by atoms with Crippen LogP contribution >= 0.6 is 0 Å². The second-order valence-electron chi connectivity index (χ2n) is 6.14. The molecule has 1 heterocycles. The number of nitrogens with one attached hydrogen (secondary N) is 1. The first-order chi connectivity index (χ1) is 13.9. The van der Waals surface area contributed by atoms with Crippen molar-refractivity contribution in [1.29, 1.82) is 0 Å². The number of carbonyl (C=O) groups excluding carboxylic acids is 4. The summed E-state index contributed by atoms with van der Waals surface area (Å²) < 4.78 is 10.1. The average Bonchev–Trinajstić information content (AvgIpc) is 2.95. The van der Waals surface area contributed by atoms with Crippen molar-refractivity contribution in [2.75, 3.05) is 25.7 Å². The molecule has 0 atom stereocenters. The van der Waals surface area contributed by atoms with Crippen molar-refractivity contribution in [3.05, 3.63) is 54.1 Å². The molecule has 3 rings (SSSR count). The van der Waals surface area contributed by atoms with Crippen LogP contribution < -0.4 is 19.7 Å². The fraction of sp³-hybridized carbons (Fsp3) is 0.200. The Morgan fingerprint density at radius 2 is 1.62 bits per heavy atom. The number of amides is 5. The number of methoxy groups -OCH3 is 2. The van der Waals surface area contributed by atoms with Gasteiger partial charge < -0.3 is 14.8 Å². The summed E-state index contributed by atoms with van der Waals surface area (Å²) >= 11 is 0. The van der Waals surface area contributed by atoms with Crippen LogP contribution in [-0.4, -0.2) is 49.4 Å². The van der Waals surface area contributed by atoms with E-state index in [0.29, 0.717) is 16.4 Å². The molecule has 0 unspecified atom stereocenters. The second-order valence-corrected chi connectivity index (χ2v) is 6.14. The van der Waals surface area contributed by atoms with Crippen molar-refractivity contribution in [1.82, 2.24) is 10.2 Å². The summed E-state index contributed by atoms with van der Waals surface area (Å²) in [5.74, 6) is -1.46. The van der Waals surface area contributed by atoms with E-state index in [2.05, 4.69) is 5.32 Å². The Morgan fingerprint density at radius 3 is 2.28 bits per heavy atom. The van der Waals surface area contributed by atoms with Crippen LogP contribution in [0.5, 0.6) is 11.5 Å². The van der Waals surface area contributed by atoms with E-state index in [4.69, 9.17) is 9.47 Å². The molecule has 2 aromatic rings. The second kappa shape index (κ2) is 8.42. The van der Waals surface area contributed by atoms with Crippen LogP contribution in [0, 0.1) is 0 Å². The lowest BCUT2D eigenvalue weighted by atomic mass is 10.2. The van der Waals surface area contributed by atoms with Crippen LogP contribution in [0.15, 0.2) is 48.5 Å². The van der Waals surface area contributed by atoms with Gasteiger partial charge in [-0.2, -0.15) is 0 Å². The third-order valence-electron chi connectivity index (χ3n) is 4.31. The van der Waals surface area contributed by atoms with Gasteiger partial charge in [0.2, 0.25) is 5.91 Å². The molecule has 0 bridgehead atoms. The molecule has 1 N–H and O–H groups in total. The zero-order valence-corrected chi connectivity index (χ0v) is 15.9. The quantitative estimate of drug-likeness (QED) is 0.558. The molecule has 1 aliphatic rings.